The molecule has 2 amide bonds. The van der Waals surface area contributed by atoms with Gasteiger partial charge in [0.15, 0.2) is 0 Å². The average molecular weight is 361 g/mol. The molecule has 2 aromatic rings. The van der Waals surface area contributed by atoms with E-state index in [9.17, 15) is 13.2 Å². The zero-order chi connectivity index (χ0) is 17.9. The molecule has 1 aliphatic rings. The van der Waals surface area contributed by atoms with E-state index < -0.39 is 9.84 Å². The molecule has 1 atom stereocenters. The molecule has 0 bridgehead atoms. The molecule has 1 saturated heterocycles. The van der Waals surface area contributed by atoms with Crippen LogP contribution in [0, 0.1) is 0 Å². The third kappa shape index (κ3) is 4.48. The van der Waals surface area contributed by atoms with E-state index in [-0.39, 0.29) is 17.8 Å². The number of aromatic nitrogens is 1. The number of amides is 2. The number of carbonyl (C=O) groups is 1. The number of pyridine rings is 1. The van der Waals surface area contributed by atoms with Crippen LogP contribution in [0.2, 0.25) is 0 Å². The van der Waals surface area contributed by atoms with E-state index in [0.717, 1.165) is 35.7 Å². The van der Waals surface area contributed by atoms with Crippen molar-refractivity contribution < 1.29 is 13.2 Å². The van der Waals surface area contributed by atoms with Gasteiger partial charge in [0.1, 0.15) is 9.84 Å². The lowest BCUT2D eigenvalue weighted by atomic mass is 10.0. The highest BCUT2D eigenvalue weighted by molar-refractivity contribution is 7.90. The van der Waals surface area contributed by atoms with Gasteiger partial charge in [0, 0.05) is 37.0 Å². The van der Waals surface area contributed by atoms with Gasteiger partial charge in [-0.1, -0.05) is 24.3 Å². The monoisotopic (exact) mass is 361 g/mol. The number of hydrogen-bond donors (Lipinski definition) is 1. The Balaban J connectivity index is 1.70. The quantitative estimate of drug-likeness (QED) is 0.906. The number of piperidine rings is 1. The smallest absolute Gasteiger partial charge is 0.317 e. The predicted octanol–water partition coefficient (Wildman–Crippen LogP) is 2.34. The number of fused-ring (bicyclic) bond motifs is 1. The van der Waals surface area contributed by atoms with E-state index in [1.807, 2.05) is 30.3 Å². The zero-order valence-corrected chi connectivity index (χ0v) is 15.1. The number of benzene rings is 1. The Morgan fingerprint density at radius 1 is 1.28 bits per heavy atom. The second-order valence-corrected chi connectivity index (χ2v) is 8.77. The fraction of sp³-hybridized carbons (Fsp3) is 0.444. The van der Waals surface area contributed by atoms with Crippen LogP contribution in [0.5, 0.6) is 0 Å². The van der Waals surface area contributed by atoms with Crippen molar-refractivity contribution in [3.05, 3.63) is 42.1 Å². The van der Waals surface area contributed by atoms with Gasteiger partial charge in [-0.2, -0.15) is 0 Å². The van der Waals surface area contributed by atoms with Crippen molar-refractivity contribution in [2.45, 2.75) is 31.8 Å². The first-order valence-electron chi connectivity index (χ1n) is 8.49. The fourth-order valence-corrected chi connectivity index (χ4v) is 4.42. The van der Waals surface area contributed by atoms with Crippen molar-refractivity contribution >= 4 is 26.8 Å². The van der Waals surface area contributed by atoms with Gasteiger partial charge in [0.05, 0.1) is 11.3 Å². The summed E-state index contributed by atoms with van der Waals surface area (Å²) < 4.78 is 23.3. The maximum absolute atomic E-state index is 12.6. The van der Waals surface area contributed by atoms with Gasteiger partial charge >= 0.3 is 6.03 Å². The van der Waals surface area contributed by atoms with E-state index in [2.05, 4.69) is 10.3 Å². The summed E-state index contributed by atoms with van der Waals surface area (Å²) >= 11 is 0. The number of nitrogens with one attached hydrogen (secondary N) is 1. The minimum atomic E-state index is -3.12. The van der Waals surface area contributed by atoms with Gasteiger partial charge in [-0.25, -0.2) is 13.2 Å². The van der Waals surface area contributed by atoms with Crippen molar-refractivity contribution in [3.63, 3.8) is 0 Å². The van der Waals surface area contributed by atoms with Crippen LogP contribution in [-0.4, -0.2) is 48.9 Å². The summed E-state index contributed by atoms with van der Waals surface area (Å²) in [5.41, 5.74) is 1.82. The lowest BCUT2D eigenvalue weighted by Gasteiger charge is -2.35. The Kier molecular flexibility index (Phi) is 5.22. The van der Waals surface area contributed by atoms with E-state index in [1.54, 1.807) is 11.1 Å². The first kappa shape index (κ1) is 17.7. The minimum absolute atomic E-state index is 0.0241. The summed E-state index contributed by atoms with van der Waals surface area (Å²) in [5, 5.41) is 3.96. The predicted molar refractivity (Wildman–Crippen MR) is 98.0 cm³/mol. The number of para-hydroxylation sites is 1. The van der Waals surface area contributed by atoms with Crippen LogP contribution >= 0.6 is 0 Å². The van der Waals surface area contributed by atoms with Crippen molar-refractivity contribution in [2.75, 3.05) is 18.6 Å². The first-order chi connectivity index (χ1) is 11.9. The molecular weight excluding hydrogens is 338 g/mol. The molecule has 1 aromatic carbocycles. The molecule has 0 spiro atoms. The van der Waals surface area contributed by atoms with Crippen LogP contribution in [0.1, 0.15) is 24.8 Å². The Bertz CT molecular complexity index is 862. The van der Waals surface area contributed by atoms with Gasteiger partial charge in [0.2, 0.25) is 0 Å². The molecular formula is C18H23N3O3S. The molecule has 1 unspecified atom stereocenters. The van der Waals surface area contributed by atoms with Crippen molar-refractivity contribution in [3.8, 4) is 0 Å². The van der Waals surface area contributed by atoms with E-state index in [1.165, 1.54) is 6.26 Å². The SMILES string of the molecule is CS(=O)(=O)CC1CCCCN1C(=O)NCc1cccc2cccnc12. The average Bonchev–Trinajstić information content (AvgIpc) is 2.58. The summed E-state index contributed by atoms with van der Waals surface area (Å²) in [6.07, 6.45) is 5.55. The lowest BCUT2D eigenvalue weighted by molar-refractivity contribution is 0.159. The van der Waals surface area contributed by atoms with Crippen molar-refractivity contribution in [1.29, 1.82) is 0 Å². The van der Waals surface area contributed by atoms with Gasteiger partial charge < -0.3 is 10.2 Å². The largest absolute Gasteiger partial charge is 0.334 e. The second-order valence-electron chi connectivity index (χ2n) is 6.59. The molecule has 0 radical (unpaired) electrons. The van der Waals surface area contributed by atoms with E-state index in [0.29, 0.717) is 13.1 Å². The highest BCUT2D eigenvalue weighted by Crippen LogP contribution is 2.19. The first-order valence-corrected chi connectivity index (χ1v) is 10.5. The number of rotatable bonds is 4. The molecule has 6 nitrogen and oxygen atoms in total. The summed E-state index contributed by atoms with van der Waals surface area (Å²) in [4.78, 5) is 18.7. The molecule has 25 heavy (non-hydrogen) atoms. The summed E-state index contributed by atoms with van der Waals surface area (Å²) in [5.74, 6) is 0.0241. The van der Waals surface area contributed by atoms with Crippen LogP contribution in [0.4, 0.5) is 4.79 Å². The standard InChI is InChI=1S/C18H23N3O3S/c1-25(23,24)13-16-9-2-3-11-21(16)18(22)20-12-15-7-4-6-14-8-5-10-19-17(14)15/h4-8,10,16H,2-3,9,11-13H2,1H3,(H,20,22). The highest BCUT2D eigenvalue weighted by Gasteiger charge is 2.29. The molecule has 1 fully saturated rings. The van der Waals surface area contributed by atoms with Crippen molar-refractivity contribution in [1.82, 2.24) is 15.2 Å². The Morgan fingerprint density at radius 3 is 2.88 bits per heavy atom. The van der Waals surface area contributed by atoms with Crippen LogP contribution < -0.4 is 5.32 Å². The van der Waals surface area contributed by atoms with Gasteiger partial charge in [-0.05, 0) is 30.9 Å². The molecule has 0 aliphatic carbocycles. The topological polar surface area (TPSA) is 79.4 Å². The highest BCUT2D eigenvalue weighted by atomic mass is 32.2. The maximum atomic E-state index is 12.6. The van der Waals surface area contributed by atoms with E-state index in [4.69, 9.17) is 0 Å². The molecule has 0 saturated carbocycles. The Labute approximate surface area is 148 Å². The Hall–Kier alpha value is -2.15. The van der Waals surface area contributed by atoms with Crippen LogP contribution in [0.25, 0.3) is 10.9 Å². The summed E-state index contributed by atoms with van der Waals surface area (Å²) in [7, 11) is -3.12. The van der Waals surface area contributed by atoms with Crippen LogP contribution in [0.3, 0.4) is 0 Å². The third-order valence-corrected chi connectivity index (χ3v) is 5.52. The minimum Gasteiger partial charge on any atom is -0.334 e. The maximum Gasteiger partial charge on any atom is 0.317 e. The summed E-state index contributed by atoms with van der Waals surface area (Å²) in [6, 6.07) is 9.30. The molecule has 1 N–H and O–H groups in total. The molecule has 7 heteroatoms. The van der Waals surface area contributed by atoms with Gasteiger partial charge in [0.25, 0.3) is 0 Å². The molecule has 1 aliphatic heterocycles. The molecule has 3 rings (SSSR count). The fourth-order valence-electron chi connectivity index (χ4n) is 3.37. The second kappa shape index (κ2) is 7.39. The van der Waals surface area contributed by atoms with Crippen LogP contribution in [0.15, 0.2) is 36.5 Å². The number of likely N-dealkylation sites (tertiary alicyclic amines) is 1. The number of urea groups is 1. The number of sulfone groups is 1. The molecule has 2 heterocycles. The van der Waals surface area contributed by atoms with Gasteiger partial charge in [-0.3, -0.25) is 4.98 Å². The number of carbonyl (C=O) groups excluding carboxylic acids is 1. The zero-order valence-electron chi connectivity index (χ0n) is 14.3. The van der Waals surface area contributed by atoms with Gasteiger partial charge in [-0.15, -0.1) is 0 Å². The van der Waals surface area contributed by atoms with Crippen molar-refractivity contribution in [2.24, 2.45) is 0 Å². The molecule has 134 valence electrons. The third-order valence-electron chi connectivity index (χ3n) is 4.53. The van der Waals surface area contributed by atoms with Crippen LogP contribution in [-0.2, 0) is 16.4 Å². The lowest BCUT2D eigenvalue weighted by Crippen LogP contribution is -2.50. The number of nitrogens with zero attached hydrogens (tertiary/aromatic N) is 2. The summed E-state index contributed by atoms with van der Waals surface area (Å²) in [6.45, 7) is 0.967. The number of hydrogen-bond acceptors (Lipinski definition) is 4. The normalized spacial score (nSPS) is 18.3. The Morgan fingerprint density at radius 2 is 2.08 bits per heavy atom. The van der Waals surface area contributed by atoms with E-state index >= 15 is 0 Å². The molecule has 1 aromatic heterocycles.